The minimum atomic E-state index is -0.159. The van der Waals surface area contributed by atoms with Crippen molar-refractivity contribution in [3.05, 3.63) is 17.7 Å². The average Bonchev–Trinajstić information content (AvgIpc) is 2.48. The normalized spacial score (nSPS) is 15.7. The standard InChI is InChI=1S/C15H21NO4/c1-19-12-8-10(9-13(20-2)14(12)17)15(18)16-11-6-4-3-5-7-11/h8-9,11,17H,3-7H2,1-2H3,(H,16,18). The monoisotopic (exact) mass is 279 g/mol. The van der Waals surface area contributed by atoms with Crippen LogP contribution in [-0.2, 0) is 0 Å². The third-order valence-electron chi connectivity index (χ3n) is 3.68. The van der Waals surface area contributed by atoms with Crippen LogP contribution in [0.2, 0.25) is 0 Å². The van der Waals surface area contributed by atoms with E-state index in [1.807, 2.05) is 0 Å². The van der Waals surface area contributed by atoms with Gasteiger partial charge in [0.05, 0.1) is 14.2 Å². The molecule has 0 saturated heterocycles. The summed E-state index contributed by atoms with van der Waals surface area (Å²) in [5.74, 6) is 0.217. The number of carbonyl (C=O) groups excluding carboxylic acids is 1. The van der Waals surface area contributed by atoms with Crippen LogP contribution in [0.25, 0.3) is 0 Å². The molecule has 0 radical (unpaired) electrons. The van der Waals surface area contributed by atoms with Gasteiger partial charge in [0.25, 0.3) is 5.91 Å². The third kappa shape index (κ3) is 3.15. The van der Waals surface area contributed by atoms with Gasteiger partial charge in [-0.15, -0.1) is 0 Å². The number of methoxy groups -OCH3 is 2. The number of phenols is 1. The topological polar surface area (TPSA) is 67.8 Å². The second-order valence-electron chi connectivity index (χ2n) is 5.04. The van der Waals surface area contributed by atoms with Crippen molar-refractivity contribution < 1.29 is 19.4 Å². The fourth-order valence-corrected chi connectivity index (χ4v) is 2.54. The highest BCUT2D eigenvalue weighted by Gasteiger charge is 2.19. The lowest BCUT2D eigenvalue weighted by atomic mass is 9.95. The summed E-state index contributed by atoms with van der Waals surface area (Å²) in [5, 5.41) is 12.9. The first-order chi connectivity index (χ1) is 9.65. The molecule has 0 heterocycles. The molecule has 1 aliphatic carbocycles. The molecule has 1 aromatic carbocycles. The van der Waals surface area contributed by atoms with Crippen LogP contribution in [0.5, 0.6) is 17.2 Å². The maximum atomic E-state index is 12.3. The van der Waals surface area contributed by atoms with Gasteiger partial charge >= 0.3 is 0 Å². The number of hydrogen-bond acceptors (Lipinski definition) is 4. The number of aromatic hydroxyl groups is 1. The fourth-order valence-electron chi connectivity index (χ4n) is 2.54. The number of ether oxygens (including phenoxy) is 2. The van der Waals surface area contributed by atoms with Gasteiger partial charge in [0.15, 0.2) is 11.5 Å². The molecule has 0 spiro atoms. The second kappa shape index (κ2) is 6.50. The van der Waals surface area contributed by atoms with E-state index in [1.54, 1.807) is 0 Å². The van der Waals surface area contributed by atoms with Crippen LogP contribution in [0.15, 0.2) is 12.1 Å². The average molecular weight is 279 g/mol. The minimum Gasteiger partial charge on any atom is -0.502 e. The predicted octanol–water partition coefficient (Wildman–Crippen LogP) is 2.47. The molecule has 5 heteroatoms. The highest BCUT2D eigenvalue weighted by Crippen LogP contribution is 2.37. The van der Waals surface area contributed by atoms with Crippen LogP contribution in [0.3, 0.4) is 0 Å². The van der Waals surface area contributed by atoms with Gasteiger partial charge in [0, 0.05) is 11.6 Å². The molecule has 1 amide bonds. The lowest BCUT2D eigenvalue weighted by Crippen LogP contribution is -2.36. The molecule has 2 rings (SSSR count). The van der Waals surface area contributed by atoms with Crippen molar-refractivity contribution in [1.82, 2.24) is 5.32 Å². The zero-order valence-corrected chi connectivity index (χ0v) is 11.9. The number of rotatable bonds is 4. The van der Waals surface area contributed by atoms with Crippen molar-refractivity contribution in [3.63, 3.8) is 0 Å². The number of benzene rings is 1. The first kappa shape index (κ1) is 14.5. The van der Waals surface area contributed by atoms with Crippen molar-refractivity contribution in [3.8, 4) is 17.2 Å². The molecule has 0 aromatic heterocycles. The van der Waals surface area contributed by atoms with E-state index in [4.69, 9.17) is 9.47 Å². The van der Waals surface area contributed by atoms with Gasteiger partial charge in [0.1, 0.15) is 0 Å². The number of carbonyl (C=O) groups is 1. The molecule has 0 atom stereocenters. The highest BCUT2D eigenvalue weighted by molar-refractivity contribution is 5.95. The molecule has 20 heavy (non-hydrogen) atoms. The number of nitrogens with one attached hydrogen (secondary N) is 1. The third-order valence-corrected chi connectivity index (χ3v) is 3.68. The minimum absolute atomic E-state index is 0.0933. The highest BCUT2D eigenvalue weighted by atomic mass is 16.5. The Morgan fingerprint density at radius 1 is 1.15 bits per heavy atom. The largest absolute Gasteiger partial charge is 0.502 e. The van der Waals surface area contributed by atoms with E-state index in [1.165, 1.54) is 32.8 Å². The van der Waals surface area contributed by atoms with E-state index in [-0.39, 0.29) is 29.2 Å². The summed E-state index contributed by atoms with van der Waals surface area (Å²) in [6, 6.07) is 3.29. The summed E-state index contributed by atoms with van der Waals surface area (Å²) in [6.07, 6.45) is 5.61. The van der Waals surface area contributed by atoms with Crippen molar-refractivity contribution in [2.24, 2.45) is 0 Å². The Bertz CT molecular complexity index is 456. The summed E-state index contributed by atoms with van der Waals surface area (Å²) in [5.41, 5.74) is 0.432. The van der Waals surface area contributed by atoms with Crippen molar-refractivity contribution in [1.29, 1.82) is 0 Å². The lowest BCUT2D eigenvalue weighted by Gasteiger charge is -2.23. The lowest BCUT2D eigenvalue weighted by molar-refractivity contribution is 0.0927. The smallest absolute Gasteiger partial charge is 0.251 e. The van der Waals surface area contributed by atoms with Gasteiger partial charge in [-0.1, -0.05) is 19.3 Å². The van der Waals surface area contributed by atoms with Gasteiger partial charge in [-0.2, -0.15) is 0 Å². The number of amides is 1. The summed E-state index contributed by atoms with van der Waals surface area (Å²) in [7, 11) is 2.88. The van der Waals surface area contributed by atoms with Crippen LogP contribution >= 0.6 is 0 Å². The number of phenolic OH excluding ortho intramolecular Hbond substituents is 1. The fraction of sp³-hybridized carbons (Fsp3) is 0.533. The van der Waals surface area contributed by atoms with E-state index in [0.717, 1.165) is 25.7 Å². The predicted molar refractivity (Wildman–Crippen MR) is 75.6 cm³/mol. The molecule has 1 aliphatic rings. The van der Waals surface area contributed by atoms with E-state index < -0.39 is 0 Å². The Morgan fingerprint density at radius 3 is 2.20 bits per heavy atom. The molecule has 1 fully saturated rings. The van der Waals surface area contributed by atoms with E-state index in [2.05, 4.69) is 5.32 Å². The summed E-state index contributed by atoms with van der Waals surface area (Å²) in [4.78, 5) is 12.3. The zero-order valence-electron chi connectivity index (χ0n) is 11.9. The molecule has 0 bridgehead atoms. The maximum absolute atomic E-state index is 12.3. The molecular weight excluding hydrogens is 258 g/mol. The van der Waals surface area contributed by atoms with Crippen molar-refractivity contribution >= 4 is 5.91 Å². The Balaban J connectivity index is 2.16. The molecule has 0 aliphatic heterocycles. The van der Waals surface area contributed by atoms with Gasteiger partial charge in [-0.25, -0.2) is 0 Å². The van der Waals surface area contributed by atoms with E-state index >= 15 is 0 Å². The molecule has 1 aromatic rings. The van der Waals surface area contributed by atoms with Crippen molar-refractivity contribution in [2.75, 3.05) is 14.2 Å². The van der Waals surface area contributed by atoms with Gasteiger partial charge < -0.3 is 19.9 Å². The van der Waals surface area contributed by atoms with Crippen LogP contribution in [0, 0.1) is 0 Å². The van der Waals surface area contributed by atoms with E-state index in [0.29, 0.717) is 5.56 Å². The number of hydrogen-bond donors (Lipinski definition) is 2. The molecule has 110 valence electrons. The molecule has 5 nitrogen and oxygen atoms in total. The van der Waals surface area contributed by atoms with Gasteiger partial charge in [0.2, 0.25) is 5.75 Å². The summed E-state index contributed by atoms with van der Waals surface area (Å²) in [6.45, 7) is 0. The summed E-state index contributed by atoms with van der Waals surface area (Å²) < 4.78 is 10.1. The Labute approximate surface area is 118 Å². The van der Waals surface area contributed by atoms with Crippen LogP contribution < -0.4 is 14.8 Å². The maximum Gasteiger partial charge on any atom is 0.251 e. The van der Waals surface area contributed by atoms with Crippen molar-refractivity contribution in [2.45, 2.75) is 38.1 Å². The Morgan fingerprint density at radius 2 is 1.70 bits per heavy atom. The molecular formula is C15H21NO4. The Kier molecular flexibility index (Phi) is 4.71. The molecule has 1 saturated carbocycles. The van der Waals surface area contributed by atoms with Gasteiger partial charge in [-0.05, 0) is 25.0 Å². The first-order valence-electron chi connectivity index (χ1n) is 6.91. The molecule has 0 unspecified atom stereocenters. The van der Waals surface area contributed by atoms with Crippen LogP contribution in [-0.4, -0.2) is 31.3 Å². The first-order valence-corrected chi connectivity index (χ1v) is 6.91. The van der Waals surface area contributed by atoms with Crippen LogP contribution in [0.4, 0.5) is 0 Å². The summed E-state index contributed by atoms with van der Waals surface area (Å²) >= 11 is 0. The van der Waals surface area contributed by atoms with Crippen LogP contribution in [0.1, 0.15) is 42.5 Å². The Hall–Kier alpha value is -1.91. The van der Waals surface area contributed by atoms with Gasteiger partial charge in [-0.3, -0.25) is 4.79 Å². The molecule has 2 N–H and O–H groups in total. The quantitative estimate of drug-likeness (QED) is 0.888. The second-order valence-corrected chi connectivity index (χ2v) is 5.04. The zero-order chi connectivity index (χ0) is 14.5. The van der Waals surface area contributed by atoms with E-state index in [9.17, 15) is 9.90 Å². The SMILES string of the molecule is COc1cc(C(=O)NC2CCCCC2)cc(OC)c1O.